The van der Waals surface area contributed by atoms with E-state index >= 15 is 0 Å². The summed E-state index contributed by atoms with van der Waals surface area (Å²) >= 11 is 0. The number of nitrogens with zero attached hydrogens (tertiary/aromatic N) is 4. The molecule has 3 aromatic rings. The van der Waals surface area contributed by atoms with E-state index in [9.17, 15) is 0 Å². The second-order valence-corrected chi connectivity index (χ2v) is 7.09. The average Bonchev–Trinajstić information content (AvgIpc) is 2.69. The molecule has 5 nitrogen and oxygen atoms in total. The lowest BCUT2D eigenvalue weighted by Gasteiger charge is -2.39. The molecule has 0 saturated carbocycles. The molecule has 0 N–H and O–H groups in total. The Morgan fingerprint density at radius 1 is 1.04 bits per heavy atom. The highest BCUT2D eigenvalue weighted by Crippen LogP contribution is 2.30. The first-order valence-electron chi connectivity index (χ1n) is 9.32. The molecule has 2 unspecified atom stereocenters. The maximum atomic E-state index is 6.16. The van der Waals surface area contributed by atoms with E-state index in [1.54, 1.807) is 6.20 Å². The first-order valence-corrected chi connectivity index (χ1v) is 9.32. The summed E-state index contributed by atoms with van der Waals surface area (Å²) in [6.45, 7) is 7.74. The molecule has 0 spiro atoms. The van der Waals surface area contributed by atoms with Crippen molar-refractivity contribution < 1.29 is 4.74 Å². The summed E-state index contributed by atoms with van der Waals surface area (Å²) in [6, 6.07) is 16.5. The van der Waals surface area contributed by atoms with E-state index in [1.807, 2.05) is 31.2 Å². The summed E-state index contributed by atoms with van der Waals surface area (Å²) in [7, 11) is 0. The fourth-order valence-electron chi connectivity index (χ4n) is 3.52. The average molecular weight is 360 g/mol. The minimum atomic E-state index is 0.0379. The van der Waals surface area contributed by atoms with Crippen molar-refractivity contribution in [3.63, 3.8) is 0 Å². The van der Waals surface area contributed by atoms with E-state index in [2.05, 4.69) is 53.0 Å². The minimum absolute atomic E-state index is 0.0379. The molecule has 4 rings (SSSR count). The summed E-state index contributed by atoms with van der Waals surface area (Å²) in [5, 5.41) is 0. The fourth-order valence-corrected chi connectivity index (χ4v) is 3.52. The van der Waals surface area contributed by atoms with E-state index < -0.39 is 0 Å². The molecular weight excluding hydrogens is 336 g/mol. The van der Waals surface area contributed by atoms with Crippen molar-refractivity contribution in [2.45, 2.75) is 32.9 Å². The smallest absolute Gasteiger partial charge is 0.180 e. The van der Waals surface area contributed by atoms with E-state index in [4.69, 9.17) is 9.72 Å². The van der Waals surface area contributed by atoms with Crippen molar-refractivity contribution in [3.05, 3.63) is 71.5 Å². The Balaban J connectivity index is 1.67. The normalized spacial score (nSPS) is 19.9. The Hall–Kier alpha value is -2.79. The molecule has 5 heteroatoms. The number of morpholine rings is 1. The lowest BCUT2D eigenvalue weighted by Crippen LogP contribution is -2.45. The molecule has 1 aromatic carbocycles. The zero-order valence-electron chi connectivity index (χ0n) is 16.0. The van der Waals surface area contributed by atoms with Crippen LogP contribution in [0.1, 0.15) is 29.8 Å². The van der Waals surface area contributed by atoms with Crippen molar-refractivity contribution in [1.29, 1.82) is 0 Å². The largest absolute Gasteiger partial charge is 0.370 e. The zero-order valence-corrected chi connectivity index (χ0v) is 16.0. The first kappa shape index (κ1) is 17.6. The third-order valence-electron chi connectivity index (χ3n) is 5.00. The van der Waals surface area contributed by atoms with Gasteiger partial charge in [-0.1, -0.05) is 30.3 Å². The van der Waals surface area contributed by atoms with E-state index in [0.717, 1.165) is 23.8 Å². The summed E-state index contributed by atoms with van der Waals surface area (Å²) in [6.07, 6.45) is 1.81. The fraction of sp³-hybridized carbons (Fsp3) is 0.318. The quantitative estimate of drug-likeness (QED) is 0.703. The van der Waals surface area contributed by atoms with Gasteiger partial charge in [0.25, 0.3) is 0 Å². The van der Waals surface area contributed by atoms with Gasteiger partial charge in [-0.2, -0.15) is 0 Å². The SMILES string of the molecule is Cc1cc(N2CC(c3ccccc3C)OCC2C)nc(-c2ccccn2)n1. The Morgan fingerprint density at radius 2 is 1.85 bits per heavy atom. The highest BCUT2D eigenvalue weighted by atomic mass is 16.5. The summed E-state index contributed by atoms with van der Waals surface area (Å²) in [5.41, 5.74) is 4.22. The monoisotopic (exact) mass is 360 g/mol. The molecule has 0 radical (unpaired) electrons. The van der Waals surface area contributed by atoms with Gasteiger partial charge in [-0.15, -0.1) is 0 Å². The van der Waals surface area contributed by atoms with Crippen molar-refractivity contribution in [1.82, 2.24) is 15.0 Å². The van der Waals surface area contributed by atoms with Crippen LogP contribution in [-0.4, -0.2) is 34.1 Å². The Kier molecular flexibility index (Phi) is 4.86. The third kappa shape index (κ3) is 3.69. The van der Waals surface area contributed by atoms with Crippen molar-refractivity contribution in [2.24, 2.45) is 0 Å². The lowest BCUT2D eigenvalue weighted by molar-refractivity contribution is 0.0209. The maximum Gasteiger partial charge on any atom is 0.180 e. The second kappa shape index (κ2) is 7.45. The maximum absolute atomic E-state index is 6.16. The number of anilines is 1. The van der Waals surface area contributed by atoms with Crippen LogP contribution in [0.2, 0.25) is 0 Å². The van der Waals surface area contributed by atoms with E-state index in [1.165, 1.54) is 11.1 Å². The number of hydrogen-bond donors (Lipinski definition) is 0. The number of rotatable bonds is 3. The number of benzene rings is 1. The zero-order chi connectivity index (χ0) is 18.8. The first-order chi connectivity index (χ1) is 13.1. The van der Waals surface area contributed by atoms with Gasteiger partial charge in [-0.05, 0) is 44.0 Å². The van der Waals surface area contributed by atoms with Gasteiger partial charge in [0.2, 0.25) is 0 Å². The van der Waals surface area contributed by atoms with E-state index in [0.29, 0.717) is 12.4 Å². The van der Waals surface area contributed by atoms with Crippen molar-refractivity contribution in [3.8, 4) is 11.5 Å². The minimum Gasteiger partial charge on any atom is -0.370 e. The van der Waals surface area contributed by atoms with Gasteiger partial charge < -0.3 is 9.64 Å². The molecule has 1 aliphatic rings. The number of ether oxygens (including phenoxy) is 1. The molecule has 0 bridgehead atoms. The molecule has 1 fully saturated rings. The van der Waals surface area contributed by atoms with Crippen LogP contribution in [0, 0.1) is 13.8 Å². The number of hydrogen-bond acceptors (Lipinski definition) is 5. The summed E-state index contributed by atoms with van der Waals surface area (Å²) in [5.74, 6) is 1.59. The molecule has 0 amide bonds. The number of pyridine rings is 1. The molecule has 138 valence electrons. The van der Waals surface area contributed by atoms with Crippen LogP contribution in [0.5, 0.6) is 0 Å². The standard InChI is InChI=1S/C22H24N4O/c1-15-8-4-5-9-18(15)20-13-26(17(3)14-27-20)21-12-16(2)24-22(25-21)19-10-6-7-11-23-19/h4-12,17,20H,13-14H2,1-3H3. The number of aryl methyl sites for hydroxylation is 2. The van der Waals surface area contributed by atoms with Crippen LogP contribution >= 0.6 is 0 Å². The predicted molar refractivity (Wildman–Crippen MR) is 107 cm³/mol. The molecule has 2 atom stereocenters. The topological polar surface area (TPSA) is 51.1 Å². The van der Waals surface area contributed by atoms with Crippen LogP contribution in [0.4, 0.5) is 5.82 Å². The summed E-state index contributed by atoms with van der Waals surface area (Å²) < 4.78 is 6.16. The molecule has 27 heavy (non-hydrogen) atoms. The van der Waals surface area contributed by atoms with Gasteiger partial charge in [0, 0.05) is 18.0 Å². The molecular formula is C22H24N4O. The predicted octanol–water partition coefficient (Wildman–Crippen LogP) is 4.12. The van der Waals surface area contributed by atoms with Crippen LogP contribution in [-0.2, 0) is 4.74 Å². The van der Waals surface area contributed by atoms with Crippen molar-refractivity contribution >= 4 is 5.82 Å². The Morgan fingerprint density at radius 3 is 2.63 bits per heavy atom. The molecule has 0 aliphatic carbocycles. The van der Waals surface area contributed by atoms with Gasteiger partial charge in [0.1, 0.15) is 17.6 Å². The van der Waals surface area contributed by atoms with Gasteiger partial charge in [0.05, 0.1) is 19.2 Å². The molecule has 2 aromatic heterocycles. The van der Waals surface area contributed by atoms with Gasteiger partial charge >= 0.3 is 0 Å². The molecule has 1 aliphatic heterocycles. The third-order valence-corrected chi connectivity index (χ3v) is 5.00. The molecule has 3 heterocycles. The second-order valence-electron chi connectivity index (χ2n) is 7.09. The van der Waals surface area contributed by atoms with Crippen LogP contribution in [0.3, 0.4) is 0 Å². The Labute approximate surface area is 160 Å². The highest BCUT2D eigenvalue weighted by Gasteiger charge is 2.29. The van der Waals surface area contributed by atoms with Crippen molar-refractivity contribution in [2.75, 3.05) is 18.1 Å². The Bertz CT molecular complexity index is 929. The van der Waals surface area contributed by atoms with Gasteiger partial charge in [-0.25, -0.2) is 9.97 Å². The van der Waals surface area contributed by atoms with Crippen LogP contribution < -0.4 is 4.90 Å². The van der Waals surface area contributed by atoms with E-state index in [-0.39, 0.29) is 12.1 Å². The van der Waals surface area contributed by atoms with Crippen LogP contribution in [0.25, 0.3) is 11.5 Å². The lowest BCUT2D eigenvalue weighted by atomic mass is 10.0. The molecule has 1 saturated heterocycles. The highest BCUT2D eigenvalue weighted by molar-refractivity contribution is 5.54. The number of aromatic nitrogens is 3. The summed E-state index contributed by atoms with van der Waals surface area (Å²) in [4.78, 5) is 16.1. The van der Waals surface area contributed by atoms with Crippen LogP contribution in [0.15, 0.2) is 54.7 Å². The van der Waals surface area contributed by atoms with Gasteiger partial charge in [0.15, 0.2) is 5.82 Å². The van der Waals surface area contributed by atoms with Gasteiger partial charge in [-0.3, -0.25) is 4.98 Å².